The van der Waals surface area contributed by atoms with Gasteiger partial charge in [0.05, 0.1) is 5.56 Å². The minimum Gasteiger partial charge on any atom is -0.481 e. The predicted molar refractivity (Wildman–Crippen MR) is 106 cm³/mol. The van der Waals surface area contributed by atoms with E-state index < -0.39 is 12.1 Å². The van der Waals surface area contributed by atoms with Crippen LogP contribution in [0.25, 0.3) is 5.82 Å². The van der Waals surface area contributed by atoms with Gasteiger partial charge in [-0.2, -0.15) is 0 Å². The Morgan fingerprint density at radius 3 is 2.52 bits per heavy atom. The van der Waals surface area contributed by atoms with Crippen molar-refractivity contribution >= 4 is 11.9 Å². The Labute approximate surface area is 168 Å². The summed E-state index contributed by atoms with van der Waals surface area (Å²) in [7, 11) is 0. The number of amides is 1. The van der Waals surface area contributed by atoms with E-state index in [0.717, 1.165) is 18.7 Å². The SMILES string of the molecule is O=C(Oc1ccc(O[C@H]2CCCCNC2=O)cc1)c1ccc(-n2cccc2)nc1. The molecule has 4 rings (SSSR count). The molecule has 7 nitrogen and oxygen atoms in total. The second-order valence-corrected chi connectivity index (χ2v) is 6.75. The molecule has 1 aliphatic rings. The molecule has 2 aromatic heterocycles. The Balaban J connectivity index is 1.36. The largest absolute Gasteiger partial charge is 0.481 e. The van der Waals surface area contributed by atoms with Gasteiger partial charge >= 0.3 is 5.97 Å². The van der Waals surface area contributed by atoms with Crippen LogP contribution in [-0.4, -0.2) is 34.1 Å². The van der Waals surface area contributed by atoms with Crippen molar-refractivity contribution in [2.75, 3.05) is 6.54 Å². The van der Waals surface area contributed by atoms with E-state index in [2.05, 4.69) is 10.3 Å². The van der Waals surface area contributed by atoms with Gasteiger partial charge in [0.25, 0.3) is 5.91 Å². The summed E-state index contributed by atoms with van der Waals surface area (Å²) in [6, 6.07) is 13.9. The fraction of sp³-hybridized carbons (Fsp3) is 0.227. The van der Waals surface area contributed by atoms with Crippen LogP contribution in [0.1, 0.15) is 29.6 Å². The highest BCUT2D eigenvalue weighted by atomic mass is 16.5. The zero-order valence-corrected chi connectivity index (χ0v) is 15.8. The average molecular weight is 391 g/mol. The highest BCUT2D eigenvalue weighted by Gasteiger charge is 2.22. The second kappa shape index (κ2) is 8.60. The molecule has 0 unspecified atom stereocenters. The number of hydrogen-bond donors (Lipinski definition) is 1. The van der Waals surface area contributed by atoms with Crippen molar-refractivity contribution in [3.8, 4) is 17.3 Å². The number of nitrogens with zero attached hydrogens (tertiary/aromatic N) is 2. The van der Waals surface area contributed by atoms with Crippen LogP contribution in [0.15, 0.2) is 67.1 Å². The van der Waals surface area contributed by atoms with E-state index in [1.165, 1.54) is 6.20 Å². The first-order chi connectivity index (χ1) is 14.2. The first kappa shape index (κ1) is 18.7. The second-order valence-electron chi connectivity index (χ2n) is 6.75. The van der Waals surface area contributed by atoms with Crippen LogP contribution in [0, 0.1) is 0 Å². The number of aromatic nitrogens is 2. The Bertz CT molecular complexity index is 966. The third-order valence-corrected chi connectivity index (χ3v) is 4.65. The molecule has 1 aromatic carbocycles. The smallest absolute Gasteiger partial charge is 0.345 e. The van der Waals surface area contributed by atoms with Crippen molar-refractivity contribution in [3.05, 3.63) is 72.7 Å². The summed E-state index contributed by atoms with van der Waals surface area (Å²) < 4.78 is 13.0. The van der Waals surface area contributed by atoms with Gasteiger partial charge in [-0.05, 0) is 67.8 Å². The van der Waals surface area contributed by atoms with Gasteiger partial charge in [-0.1, -0.05) is 0 Å². The number of hydrogen-bond acceptors (Lipinski definition) is 5. The Morgan fingerprint density at radius 1 is 1.03 bits per heavy atom. The summed E-state index contributed by atoms with van der Waals surface area (Å²) in [6.07, 6.45) is 7.34. The molecular formula is C22H21N3O4. The highest BCUT2D eigenvalue weighted by molar-refractivity contribution is 5.90. The van der Waals surface area contributed by atoms with Crippen LogP contribution in [0.2, 0.25) is 0 Å². The minimum atomic E-state index is -0.492. The average Bonchev–Trinajstić information content (AvgIpc) is 3.21. The highest BCUT2D eigenvalue weighted by Crippen LogP contribution is 2.21. The van der Waals surface area contributed by atoms with Gasteiger partial charge < -0.3 is 19.4 Å². The summed E-state index contributed by atoms with van der Waals surface area (Å²) in [6.45, 7) is 0.689. The molecule has 29 heavy (non-hydrogen) atoms. The first-order valence-corrected chi connectivity index (χ1v) is 9.55. The predicted octanol–water partition coefficient (Wildman–Crippen LogP) is 3.14. The zero-order chi connectivity index (χ0) is 20.1. The number of esters is 1. The van der Waals surface area contributed by atoms with Crippen LogP contribution in [0.3, 0.4) is 0 Å². The van der Waals surface area contributed by atoms with E-state index in [1.54, 1.807) is 36.4 Å². The molecule has 0 spiro atoms. The molecule has 148 valence electrons. The van der Waals surface area contributed by atoms with E-state index in [9.17, 15) is 9.59 Å². The molecule has 1 saturated heterocycles. The van der Waals surface area contributed by atoms with Crippen molar-refractivity contribution in [3.63, 3.8) is 0 Å². The lowest BCUT2D eigenvalue weighted by Gasteiger charge is -2.16. The maximum Gasteiger partial charge on any atom is 0.345 e. The molecule has 1 fully saturated rings. The van der Waals surface area contributed by atoms with Crippen LogP contribution in [-0.2, 0) is 4.79 Å². The monoisotopic (exact) mass is 391 g/mol. The van der Waals surface area contributed by atoms with Gasteiger partial charge in [0.15, 0.2) is 6.10 Å². The number of ether oxygens (including phenoxy) is 2. The lowest BCUT2D eigenvalue weighted by Crippen LogP contribution is -2.36. The van der Waals surface area contributed by atoms with Crippen molar-refractivity contribution in [1.29, 1.82) is 0 Å². The number of benzene rings is 1. The Morgan fingerprint density at radius 2 is 1.79 bits per heavy atom. The fourth-order valence-corrected chi connectivity index (χ4v) is 3.09. The lowest BCUT2D eigenvalue weighted by atomic mass is 10.2. The van der Waals surface area contributed by atoms with E-state index in [4.69, 9.17) is 9.47 Å². The van der Waals surface area contributed by atoms with E-state index in [0.29, 0.717) is 30.0 Å². The number of carbonyl (C=O) groups is 2. The van der Waals surface area contributed by atoms with Crippen molar-refractivity contribution in [2.45, 2.75) is 25.4 Å². The molecule has 3 heterocycles. The molecule has 0 radical (unpaired) electrons. The molecule has 1 N–H and O–H groups in total. The summed E-state index contributed by atoms with van der Waals surface area (Å²) in [5.74, 6) is 1.09. The van der Waals surface area contributed by atoms with Crippen LogP contribution in [0.5, 0.6) is 11.5 Å². The molecule has 1 aliphatic heterocycles. The maximum absolute atomic E-state index is 12.3. The van der Waals surface area contributed by atoms with Gasteiger partial charge in [-0.3, -0.25) is 4.79 Å². The first-order valence-electron chi connectivity index (χ1n) is 9.55. The third kappa shape index (κ3) is 4.63. The number of rotatable bonds is 5. The van der Waals surface area contributed by atoms with Crippen LogP contribution in [0.4, 0.5) is 0 Å². The van der Waals surface area contributed by atoms with Crippen LogP contribution >= 0.6 is 0 Å². The molecule has 7 heteroatoms. The third-order valence-electron chi connectivity index (χ3n) is 4.65. The molecule has 0 aliphatic carbocycles. The lowest BCUT2D eigenvalue weighted by molar-refractivity contribution is -0.127. The molecule has 0 saturated carbocycles. The quantitative estimate of drug-likeness (QED) is 0.534. The minimum absolute atomic E-state index is 0.0890. The van der Waals surface area contributed by atoms with E-state index >= 15 is 0 Å². The molecular weight excluding hydrogens is 370 g/mol. The molecule has 0 bridgehead atoms. The Hall–Kier alpha value is -3.61. The van der Waals surface area contributed by atoms with Gasteiger partial charge in [0.2, 0.25) is 0 Å². The topological polar surface area (TPSA) is 82.5 Å². The standard InChI is InChI=1S/C22H21N3O4/c26-21-19(5-1-2-12-23-21)28-17-7-9-18(10-8-17)29-22(27)16-6-11-20(24-15-16)25-13-3-4-14-25/h3-4,6-11,13-15,19H,1-2,5,12H2,(H,23,26)/t19-/m0/s1. The summed E-state index contributed by atoms with van der Waals surface area (Å²) in [5, 5.41) is 2.84. The molecule has 1 atom stereocenters. The van der Waals surface area contributed by atoms with Gasteiger partial charge in [0.1, 0.15) is 17.3 Å². The van der Waals surface area contributed by atoms with E-state index in [1.807, 2.05) is 29.1 Å². The number of carbonyl (C=O) groups excluding carboxylic acids is 2. The number of nitrogens with one attached hydrogen (secondary N) is 1. The van der Waals surface area contributed by atoms with E-state index in [-0.39, 0.29) is 5.91 Å². The molecule has 3 aromatic rings. The normalized spacial score (nSPS) is 16.6. The van der Waals surface area contributed by atoms with Crippen molar-refractivity contribution in [2.24, 2.45) is 0 Å². The van der Waals surface area contributed by atoms with Gasteiger partial charge in [-0.25, -0.2) is 9.78 Å². The summed E-state index contributed by atoms with van der Waals surface area (Å²) >= 11 is 0. The summed E-state index contributed by atoms with van der Waals surface area (Å²) in [4.78, 5) is 28.6. The molecule has 1 amide bonds. The number of pyridine rings is 1. The zero-order valence-electron chi connectivity index (χ0n) is 15.8. The van der Waals surface area contributed by atoms with Gasteiger partial charge in [0, 0.05) is 25.1 Å². The van der Waals surface area contributed by atoms with Gasteiger partial charge in [-0.15, -0.1) is 0 Å². The maximum atomic E-state index is 12.3. The van der Waals surface area contributed by atoms with Crippen molar-refractivity contribution < 1.29 is 19.1 Å². The Kier molecular flexibility index (Phi) is 5.56. The fourth-order valence-electron chi connectivity index (χ4n) is 3.09. The van der Waals surface area contributed by atoms with Crippen molar-refractivity contribution in [1.82, 2.24) is 14.9 Å². The summed E-state index contributed by atoms with van der Waals surface area (Å²) in [5.41, 5.74) is 0.358. The van der Waals surface area contributed by atoms with Crippen LogP contribution < -0.4 is 14.8 Å².